The number of primary amides is 1. The number of nitrogens with one attached hydrogen (secondary N) is 1. The number of rotatable bonds is 4. The predicted octanol–water partition coefficient (Wildman–Crippen LogP) is -0.422. The Hall–Kier alpha value is -1.96. The topological polar surface area (TPSA) is 112 Å². The lowest BCUT2D eigenvalue weighted by molar-refractivity contribution is -0.121. The second kappa shape index (κ2) is 6.00. The molecule has 1 fully saturated rings. The van der Waals surface area contributed by atoms with Crippen LogP contribution in [-0.2, 0) is 9.53 Å². The molecule has 0 bridgehead atoms. The zero-order chi connectivity index (χ0) is 14.7. The maximum Gasteiger partial charge on any atom is 0.360 e. The van der Waals surface area contributed by atoms with Crippen LogP contribution >= 0.6 is 0 Å². The summed E-state index contributed by atoms with van der Waals surface area (Å²) in [4.78, 5) is 23.2. The first-order valence-electron chi connectivity index (χ1n) is 6.59. The van der Waals surface area contributed by atoms with Crippen molar-refractivity contribution in [3.8, 4) is 0 Å². The van der Waals surface area contributed by atoms with Crippen LogP contribution in [0.3, 0.4) is 0 Å². The fraction of sp³-hybridized carbons (Fsp3) is 0.667. The largest absolute Gasteiger partial charge is 0.464 e. The monoisotopic (exact) mass is 281 g/mol. The van der Waals surface area contributed by atoms with Gasteiger partial charge in [0, 0.05) is 5.92 Å². The van der Waals surface area contributed by atoms with Crippen LogP contribution in [0.2, 0.25) is 0 Å². The number of piperidine rings is 1. The molecule has 0 radical (unpaired) electrons. The molecule has 0 aromatic carbocycles. The Morgan fingerprint density at radius 2 is 2.10 bits per heavy atom. The van der Waals surface area contributed by atoms with Crippen LogP contribution in [0.5, 0.6) is 0 Å². The molecular weight excluding hydrogens is 262 g/mol. The van der Waals surface area contributed by atoms with Gasteiger partial charge in [0.1, 0.15) is 6.04 Å². The fourth-order valence-corrected chi connectivity index (χ4v) is 2.43. The first-order valence-corrected chi connectivity index (χ1v) is 6.59. The van der Waals surface area contributed by atoms with E-state index >= 15 is 0 Å². The lowest BCUT2D eigenvalue weighted by Gasteiger charge is -2.24. The minimum atomic E-state index is -0.647. The second-order valence-electron chi connectivity index (χ2n) is 4.86. The number of ether oxygens (including phenoxy) is 1. The molecule has 20 heavy (non-hydrogen) atoms. The highest BCUT2D eigenvalue weighted by atomic mass is 16.5. The van der Waals surface area contributed by atoms with Crippen molar-refractivity contribution in [1.82, 2.24) is 20.3 Å². The minimum absolute atomic E-state index is 0.113. The van der Waals surface area contributed by atoms with Crippen molar-refractivity contribution >= 4 is 11.9 Å². The van der Waals surface area contributed by atoms with E-state index in [4.69, 9.17) is 10.5 Å². The molecule has 1 atom stereocenters. The van der Waals surface area contributed by atoms with E-state index in [2.05, 4.69) is 15.6 Å². The number of nitrogens with zero attached hydrogens (tertiary/aromatic N) is 3. The average Bonchev–Trinajstić information content (AvgIpc) is 2.91. The summed E-state index contributed by atoms with van der Waals surface area (Å²) in [6.07, 6.45) is 1.70. The number of hydrogen-bond donors (Lipinski definition) is 2. The van der Waals surface area contributed by atoms with Gasteiger partial charge in [0.2, 0.25) is 5.91 Å². The third kappa shape index (κ3) is 2.64. The van der Waals surface area contributed by atoms with Gasteiger partial charge in [-0.1, -0.05) is 5.21 Å². The van der Waals surface area contributed by atoms with Crippen LogP contribution in [-0.4, -0.2) is 47.1 Å². The first-order chi connectivity index (χ1) is 9.56. The Bertz CT molecular complexity index is 507. The van der Waals surface area contributed by atoms with Crippen LogP contribution < -0.4 is 11.1 Å². The summed E-state index contributed by atoms with van der Waals surface area (Å²) in [5.74, 6) is -0.940. The van der Waals surface area contributed by atoms with E-state index in [-0.39, 0.29) is 11.6 Å². The Balaban J connectivity index is 2.44. The van der Waals surface area contributed by atoms with E-state index in [9.17, 15) is 9.59 Å². The normalized spacial score (nSPS) is 17.7. The molecule has 1 aliphatic rings. The quantitative estimate of drug-likeness (QED) is 0.725. The maximum atomic E-state index is 11.8. The molecule has 3 N–H and O–H groups in total. The van der Waals surface area contributed by atoms with Gasteiger partial charge < -0.3 is 15.8 Å². The molecule has 1 unspecified atom stereocenters. The number of esters is 1. The molecule has 8 nitrogen and oxygen atoms in total. The van der Waals surface area contributed by atoms with Crippen LogP contribution in [0.25, 0.3) is 0 Å². The summed E-state index contributed by atoms with van der Waals surface area (Å²) in [6, 6.07) is -0.647. The number of carbonyl (C=O) groups is 2. The number of nitrogens with two attached hydrogens (primary N) is 1. The Morgan fingerprint density at radius 3 is 2.65 bits per heavy atom. The number of methoxy groups -OCH3 is 1. The molecule has 0 aliphatic carbocycles. The first kappa shape index (κ1) is 14.4. The van der Waals surface area contributed by atoms with Gasteiger partial charge in [-0.05, 0) is 32.9 Å². The molecular formula is C12H19N5O3. The van der Waals surface area contributed by atoms with Gasteiger partial charge in [-0.3, -0.25) is 4.79 Å². The third-order valence-corrected chi connectivity index (χ3v) is 3.61. The van der Waals surface area contributed by atoms with Crippen molar-refractivity contribution in [2.45, 2.75) is 31.7 Å². The van der Waals surface area contributed by atoms with Crippen LogP contribution in [0.15, 0.2) is 0 Å². The van der Waals surface area contributed by atoms with Gasteiger partial charge in [-0.15, -0.1) is 5.10 Å². The molecule has 1 aliphatic heterocycles. The van der Waals surface area contributed by atoms with Crippen LogP contribution in [0.1, 0.15) is 47.9 Å². The zero-order valence-electron chi connectivity index (χ0n) is 11.6. The van der Waals surface area contributed by atoms with Crippen molar-refractivity contribution in [2.24, 2.45) is 5.73 Å². The number of carbonyl (C=O) groups excluding carboxylic acids is 2. The highest BCUT2D eigenvalue weighted by molar-refractivity contribution is 5.88. The summed E-state index contributed by atoms with van der Waals surface area (Å²) in [6.45, 7) is 3.34. The maximum absolute atomic E-state index is 11.8. The van der Waals surface area contributed by atoms with Gasteiger partial charge in [-0.2, -0.15) is 0 Å². The van der Waals surface area contributed by atoms with Crippen molar-refractivity contribution in [2.75, 3.05) is 20.2 Å². The molecule has 1 saturated heterocycles. The highest BCUT2D eigenvalue weighted by Crippen LogP contribution is 2.29. The number of aromatic nitrogens is 3. The smallest absolute Gasteiger partial charge is 0.360 e. The van der Waals surface area contributed by atoms with Crippen molar-refractivity contribution < 1.29 is 14.3 Å². The lowest BCUT2D eigenvalue weighted by atomic mass is 9.92. The van der Waals surface area contributed by atoms with E-state index in [1.165, 1.54) is 11.8 Å². The molecule has 0 saturated carbocycles. The Kier molecular flexibility index (Phi) is 4.33. The molecule has 2 rings (SSSR count). The standard InChI is InChI=1S/C12H19N5O3/c1-7(11(13)18)17-10(8-3-5-14-6-4-8)9(15-16-17)12(19)20-2/h7-8,14H,3-6H2,1-2H3,(H2,13,18). The molecule has 8 heteroatoms. The van der Waals surface area contributed by atoms with E-state index in [1.807, 2.05) is 0 Å². The Labute approximate surface area is 116 Å². The van der Waals surface area contributed by atoms with Crippen LogP contribution in [0.4, 0.5) is 0 Å². The van der Waals surface area contributed by atoms with Crippen LogP contribution in [0, 0.1) is 0 Å². The second-order valence-corrected chi connectivity index (χ2v) is 4.86. The minimum Gasteiger partial charge on any atom is -0.464 e. The lowest BCUT2D eigenvalue weighted by Crippen LogP contribution is -2.31. The fourth-order valence-electron chi connectivity index (χ4n) is 2.43. The zero-order valence-corrected chi connectivity index (χ0v) is 11.6. The summed E-state index contributed by atoms with van der Waals surface area (Å²) in [7, 11) is 1.30. The summed E-state index contributed by atoms with van der Waals surface area (Å²) in [5, 5.41) is 11.1. The number of hydrogen-bond acceptors (Lipinski definition) is 6. The van der Waals surface area contributed by atoms with Gasteiger partial charge in [0.15, 0.2) is 5.69 Å². The van der Waals surface area contributed by atoms with Gasteiger partial charge in [0.05, 0.1) is 12.8 Å². The van der Waals surface area contributed by atoms with E-state index in [0.29, 0.717) is 5.69 Å². The van der Waals surface area contributed by atoms with E-state index in [0.717, 1.165) is 25.9 Å². The van der Waals surface area contributed by atoms with E-state index < -0.39 is 17.9 Å². The molecule has 110 valence electrons. The van der Waals surface area contributed by atoms with Crippen molar-refractivity contribution in [3.05, 3.63) is 11.4 Å². The molecule has 0 spiro atoms. The van der Waals surface area contributed by atoms with Gasteiger partial charge in [-0.25, -0.2) is 9.48 Å². The molecule has 1 aromatic rings. The average molecular weight is 281 g/mol. The number of amides is 1. The van der Waals surface area contributed by atoms with Gasteiger partial charge >= 0.3 is 5.97 Å². The summed E-state index contributed by atoms with van der Waals surface area (Å²) >= 11 is 0. The summed E-state index contributed by atoms with van der Waals surface area (Å²) < 4.78 is 6.18. The highest BCUT2D eigenvalue weighted by Gasteiger charge is 2.31. The van der Waals surface area contributed by atoms with Crippen molar-refractivity contribution in [1.29, 1.82) is 0 Å². The van der Waals surface area contributed by atoms with E-state index in [1.54, 1.807) is 6.92 Å². The molecule has 1 aromatic heterocycles. The Morgan fingerprint density at radius 1 is 1.45 bits per heavy atom. The predicted molar refractivity (Wildman–Crippen MR) is 70.1 cm³/mol. The molecule has 1 amide bonds. The molecule has 2 heterocycles. The van der Waals surface area contributed by atoms with Gasteiger partial charge in [0.25, 0.3) is 0 Å². The van der Waals surface area contributed by atoms with Crippen molar-refractivity contribution in [3.63, 3.8) is 0 Å². The summed E-state index contributed by atoms with van der Waals surface area (Å²) in [5.41, 5.74) is 6.15. The third-order valence-electron chi connectivity index (χ3n) is 3.61. The SMILES string of the molecule is COC(=O)c1nnn(C(C)C(N)=O)c1C1CCNCC1.